The first-order valence-electron chi connectivity index (χ1n) is 4.97. The third-order valence-electron chi connectivity index (χ3n) is 2.42. The topological polar surface area (TPSA) is 64.3 Å². The van der Waals surface area contributed by atoms with Crippen molar-refractivity contribution in [3.05, 3.63) is 23.8 Å². The van der Waals surface area contributed by atoms with E-state index in [2.05, 4.69) is 5.32 Å². The highest BCUT2D eigenvalue weighted by Crippen LogP contribution is 2.27. The largest absolute Gasteiger partial charge is 0.491 e. The van der Waals surface area contributed by atoms with E-state index in [0.29, 0.717) is 18.7 Å². The fourth-order valence-corrected chi connectivity index (χ4v) is 1.50. The van der Waals surface area contributed by atoms with Crippen molar-refractivity contribution in [1.29, 1.82) is 0 Å². The van der Waals surface area contributed by atoms with Crippen molar-refractivity contribution in [3.63, 3.8) is 0 Å². The lowest BCUT2D eigenvalue weighted by atomic mass is 10.1. The van der Waals surface area contributed by atoms with Gasteiger partial charge in [0.05, 0.1) is 18.3 Å². The quantitative estimate of drug-likeness (QED) is 0.666. The first-order chi connectivity index (χ1) is 7.16. The van der Waals surface area contributed by atoms with Crippen LogP contribution in [0.1, 0.15) is 12.0 Å². The van der Waals surface area contributed by atoms with Gasteiger partial charge in [0.25, 0.3) is 0 Å². The number of fused-ring (bicyclic) bond motifs is 1. The second-order valence-electron chi connectivity index (χ2n) is 3.73. The van der Waals surface area contributed by atoms with Crippen LogP contribution in [0.3, 0.4) is 0 Å². The number of aryl methyl sites for hydroxylation is 1. The molecule has 1 aromatic rings. The zero-order chi connectivity index (χ0) is 10.8. The van der Waals surface area contributed by atoms with Crippen LogP contribution in [-0.4, -0.2) is 18.6 Å². The van der Waals surface area contributed by atoms with E-state index in [-0.39, 0.29) is 5.91 Å². The summed E-state index contributed by atoms with van der Waals surface area (Å²) in [5.41, 5.74) is 7.44. The van der Waals surface area contributed by atoms with E-state index in [9.17, 15) is 4.79 Å². The van der Waals surface area contributed by atoms with Gasteiger partial charge >= 0.3 is 0 Å². The second-order valence-corrected chi connectivity index (χ2v) is 3.73. The Hall–Kier alpha value is -1.55. The second kappa shape index (κ2) is 3.90. The van der Waals surface area contributed by atoms with Crippen LogP contribution in [0.15, 0.2) is 18.2 Å². The smallest absolute Gasteiger partial charge is 0.241 e. The molecule has 0 saturated carbocycles. The van der Waals surface area contributed by atoms with Crippen molar-refractivity contribution >= 4 is 11.6 Å². The van der Waals surface area contributed by atoms with Gasteiger partial charge in [-0.1, -0.05) is 6.07 Å². The van der Waals surface area contributed by atoms with E-state index < -0.39 is 6.04 Å². The molecule has 0 spiro atoms. The summed E-state index contributed by atoms with van der Waals surface area (Å²) in [5, 5.41) is 2.75. The van der Waals surface area contributed by atoms with Crippen LogP contribution in [-0.2, 0) is 4.79 Å². The molecular formula is C11H14N2O2. The summed E-state index contributed by atoms with van der Waals surface area (Å²) < 4.78 is 5.53. The van der Waals surface area contributed by atoms with Crippen molar-refractivity contribution in [2.75, 3.05) is 11.9 Å². The third-order valence-corrected chi connectivity index (χ3v) is 2.42. The molecule has 1 aromatic carbocycles. The van der Waals surface area contributed by atoms with E-state index in [0.717, 1.165) is 11.3 Å². The Morgan fingerprint density at radius 2 is 2.33 bits per heavy atom. The summed E-state index contributed by atoms with van der Waals surface area (Å²) in [6.45, 7) is 2.46. The molecule has 3 N–H and O–H groups in total. The highest BCUT2D eigenvalue weighted by Gasteiger charge is 2.18. The number of rotatable bonds is 0. The van der Waals surface area contributed by atoms with Gasteiger partial charge in [-0.05, 0) is 24.6 Å². The summed E-state index contributed by atoms with van der Waals surface area (Å²) >= 11 is 0. The maximum atomic E-state index is 11.5. The van der Waals surface area contributed by atoms with Crippen LogP contribution >= 0.6 is 0 Å². The van der Waals surface area contributed by atoms with Gasteiger partial charge in [0.1, 0.15) is 5.75 Å². The Balaban J connectivity index is 2.33. The average molecular weight is 206 g/mol. The molecule has 0 saturated heterocycles. The predicted molar refractivity (Wildman–Crippen MR) is 57.9 cm³/mol. The maximum Gasteiger partial charge on any atom is 0.241 e. The number of amides is 1. The minimum atomic E-state index is -0.487. The van der Waals surface area contributed by atoms with Crippen molar-refractivity contribution < 1.29 is 9.53 Å². The van der Waals surface area contributed by atoms with Gasteiger partial charge < -0.3 is 15.8 Å². The number of ether oxygens (including phenoxy) is 1. The molecule has 1 unspecified atom stereocenters. The van der Waals surface area contributed by atoms with Crippen LogP contribution < -0.4 is 15.8 Å². The van der Waals surface area contributed by atoms with Crippen LogP contribution in [0.4, 0.5) is 5.69 Å². The molecule has 1 amide bonds. The number of carbonyl (C=O) groups is 1. The van der Waals surface area contributed by atoms with Crippen molar-refractivity contribution in [1.82, 2.24) is 0 Å². The number of nitrogens with two attached hydrogens (primary N) is 1. The Kier molecular flexibility index (Phi) is 2.60. The Labute approximate surface area is 88.4 Å². The van der Waals surface area contributed by atoms with E-state index in [1.807, 2.05) is 25.1 Å². The van der Waals surface area contributed by atoms with Gasteiger partial charge in [-0.15, -0.1) is 0 Å². The Morgan fingerprint density at radius 1 is 1.53 bits per heavy atom. The van der Waals surface area contributed by atoms with Gasteiger partial charge in [-0.2, -0.15) is 0 Å². The fourth-order valence-electron chi connectivity index (χ4n) is 1.50. The number of hydrogen-bond donors (Lipinski definition) is 2. The van der Waals surface area contributed by atoms with Crippen LogP contribution in [0.5, 0.6) is 5.75 Å². The lowest BCUT2D eigenvalue weighted by Gasteiger charge is -2.19. The predicted octanol–water partition coefficient (Wildman–Crippen LogP) is 1.04. The molecule has 0 bridgehead atoms. The van der Waals surface area contributed by atoms with Crippen LogP contribution in [0.2, 0.25) is 0 Å². The van der Waals surface area contributed by atoms with Crippen molar-refractivity contribution in [3.8, 4) is 5.75 Å². The van der Waals surface area contributed by atoms with Gasteiger partial charge in [-0.25, -0.2) is 0 Å². The van der Waals surface area contributed by atoms with E-state index in [1.54, 1.807) is 0 Å². The van der Waals surface area contributed by atoms with E-state index in [4.69, 9.17) is 10.5 Å². The molecule has 15 heavy (non-hydrogen) atoms. The summed E-state index contributed by atoms with van der Waals surface area (Å²) in [6.07, 6.45) is 0.541. The zero-order valence-electron chi connectivity index (χ0n) is 8.62. The minimum absolute atomic E-state index is 0.150. The summed E-state index contributed by atoms with van der Waals surface area (Å²) in [7, 11) is 0. The molecule has 0 aliphatic carbocycles. The highest BCUT2D eigenvalue weighted by atomic mass is 16.5. The molecule has 4 nitrogen and oxygen atoms in total. The molecule has 1 heterocycles. The standard InChI is InChI=1S/C11H14N2O2/c1-7-2-3-9-10(6-7)15-5-4-8(12)11(14)13-9/h2-3,6,8H,4-5,12H2,1H3,(H,13,14). The molecule has 1 aliphatic rings. The van der Waals surface area contributed by atoms with Crippen molar-refractivity contribution in [2.24, 2.45) is 5.73 Å². The van der Waals surface area contributed by atoms with Gasteiger partial charge in [0.15, 0.2) is 0 Å². The van der Waals surface area contributed by atoms with Crippen LogP contribution in [0, 0.1) is 6.92 Å². The Bertz CT molecular complexity index is 390. The summed E-state index contributed by atoms with van der Waals surface area (Å²) in [4.78, 5) is 11.5. The lowest BCUT2D eigenvalue weighted by Crippen LogP contribution is -2.38. The molecule has 80 valence electrons. The molecule has 2 rings (SSSR count). The number of anilines is 1. The molecule has 0 fully saturated rings. The van der Waals surface area contributed by atoms with Gasteiger partial charge in [0, 0.05) is 6.42 Å². The normalized spacial score (nSPS) is 20.7. The lowest BCUT2D eigenvalue weighted by molar-refractivity contribution is -0.117. The van der Waals surface area contributed by atoms with E-state index in [1.165, 1.54) is 0 Å². The number of benzene rings is 1. The average Bonchev–Trinajstić information content (AvgIpc) is 2.19. The van der Waals surface area contributed by atoms with E-state index >= 15 is 0 Å². The first-order valence-corrected chi connectivity index (χ1v) is 4.97. The summed E-state index contributed by atoms with van der Waals surface area (Å²) in [6, 6.07) is 5.18. The number of carbonyl (C=O) groups excluding carboxylic acids is 1. The van der Waals surface area contributed by atoms with Crippen molar-refractivity contribution in [2.45, 2.75) is 19.4 Å². The monoisotopic (exact) mass is 206 g/mol. The van der Waals surface area contributed by atoms with Gasteiger partial charge in [0.2, 0.25) is 5.91 Å². The molecule has 1 aliphatic heterocycles. The molecule has 0 radical (unpaired) electrons. The maximum absolute atomic E-state index is 11.5. The highest BCUT2D eigenvalue weighted by molar-refractivity contribution is 5.96. The summed E-state index contributed by atoms with van der Waals surface area (Å²) in [5.74, 6) is 0.568. The SMILES string of the molecule is Cc1ccc2c(c1)OCCC(N)C(=O)N2. The Morgan fingerprint density at radius 3 is 3.13 bits per heavy atom. The molecule has 4 heteroatoms. The molecule has 1 atom stereocenters. The molecular weight excluding hydrogens is 192 g/mol. The zero-order valence-corrected chi connectivity index (χ0v) is 8.62. The number of hydrogen-bond acceptors (Lipinski definition) is 3. The first kappa shape index (κ1) is 9.98. The molecule has 0 aromatic heterocycles. The van der Waals surface area contributed by atoms with Gasteiger partial charge in [-0.3, -0.25) is 4.79 Å². The third kappa shape index (κ3) is 2.10. The number of nitrogens with one attached hydrogen (secondary N) is 1. The fraction of sp³-hybridized carbons (Fsp3) is 0.364. The van der Waals surface area contributed by atoms with Crippen LogP contribution in [0.25, 0.3) is 0 Å². The minimum Gasteiger partial charge on any atom is -0.491 e.